The van der Waals surface area contributed by atoms with Crippen LogP contribution in [0, 0.1) is 0 Å². The molecule has 18 heavy (non-hydrogen) atoms. The summed E-state index contributed by atoms with van der Waals surface area (Å²) in [5.41, 5.74) is -0.157. The van der Waals surface area contributed by atoms with Crippen LogP contribution < -0.4 is 11.2 Å². The maximum atomic E-state index is 11.6. The van der Waals surface area contributed by atoms with Crippen molar-refractivity contribution in [1.82, 2.24) is 19.1 Å². The summed E-state index contributed by atoms with van der Waals surface area (Å²) in [6.07, 6.45) is 5.73. The zero-order chi connectivity index (χ0) is 13.1. The number of nitrogens with zero attached hydrogens (tertiary/aromatic N) is 3. The van der Waals surface area contributed by atoms with Crippen molar-refractivity contribution in [3.63, 3.8) is 0 Å². The van der Waals surface area contributed by atoms with Crippen molar-refractivity contribution in [3.8, 4) is 0 Å². The second kappa shape index (κ2) is 5.22. The topological polar surface area (TPSA) is 72.7 Å². The summed E-state index contributed by atoms with van der Waals surface area (Å²) in [6, 6.07) is 0. The summed E-state index contributed by atoms with van der Waals surface area (Å²) >= 11 is 5.70. The summed E-state index contributed by atoms with van der Waals surface area (Å²) in [6.45, 7) is 3.23. The minimum absolute atomic E-state index is 0.00356. The summed E-state index contributed by atoms with van der Waals surface area (Å²) in [5, 5.41) is -0.00356. The number of hydrogen-bond donors (Lipinski definition) is 1. The van der Waals surface area contributed by atoms with E-state index < -0.39 is 11.2 Å². The average Bonchev–Trinajstić information content (AvgIpc) is 2.74. The first kappa shape index (κ1) is 12.6. The van der Waals surface area contributed by atoms with Crippen LogP contribution in [0.3, 0.4) is 0 Å². The van der Waals surface area contributed by atoms with Gasteiger partial charge in [-0.25, -0.2) is 9.78 Å². The molecule has 0 spiro atoms. The van der Waals surface area contributed by atoms with Crippen LogP contribution in [0.4, 0.5) is 0 Å². The van der Waals surface area contributed by atoms with Gasteiger partial charge in [0.05, 0.1) is 18.6 Å². The van der Waals surface area contributed by atoms with Crippen molar-refractivity contribution in [2.24, 2.45) is 0 Å². The quantitative estimate of drug-likeness (QED) is 0.893. The van der Waals surface area contributed by atoms with Gasteiger partial charge >= 0.3 is 5.69 Å². The number of halogens is 1. The Balaban J connectivity index is 2.34. The average molecular weight is 269 g/mol. The summed E-state index contributed by atoms with van der Waals surface area (Å²) in [5.74, 6) is 0. The van der Waals surface area contributed by atoms with E-state index in [-0.39, 0.29) is 5.02 Å². The fourth-order valence-corrected chi connectivity index (χ4v) is 1.86. The molecule has 0 bridgehead atoms. The van der Waals surface area contributed by atoms with Gasteiger partial charge in [0.2, 0.25) is 0 Å². The number of aromatic nitrogens is 4. The normalized spacial score (nSPS) is 10.8. The lowest BCUT2D eigenvalue weighted by molar-refractivity contribution is 0.610. The number of aryl methyl sites for hydroxylation is 1. The van der Waals surface area contributed by atoms with E-state index >= 15 is 0 Å². The van der Waals surface area contributed by atoms with Crippen LogP contribution in [0.5, 0.6) is 0 Å². The maximum absolute atomic E-state index is 11.6. The van der Waals surface area contributed by atoms with Gasteiger partial charge in [-0.2, -0.15) is 0 Å². The zero-order valence-electron chi connectivity index (χ0n) is 9.89. The molecular weight excluding hydrogens is 256 g/mol. The Morgan fingerprint density at radius 3 is 2.89 bits per heavy atom. The second-order valence-electron chi connectivity index (χ2n) is 3.94. The Bertz CT molecular complexity index is 656. The molecule has 0 aliphatic carbocycles. The minimum Gasteiger partial charge on any atom is -0.333 e. The smallest absolute Gasteiger partial charge is 0.328 e. The lowest BCUT2D eigenvalue weighted by atomic mass is 10.4. The SMILES string of the molecule is CCCn1cncc1Cn1cc(Cl)c(=O)[nH]c1=O. The number of H-pyrrole nitrogens is 1. The lowest BCUT2D eigenvalue weighted by Crippen LogP contribution is -2.30. The minimum atomic E-state index is -0.569. The van der Waals surface area contributed by atoms with Crippen molar-refractivity contribution in [3.05, 3.63) is 50.3 Å². The second-order valence-corrected chi connectivity index (χ2v) is 4.35. The first-order chi connectivity index (χ1) is 8.61. The van der Waals surface area contributed by atoms with Gasteiger partial charge in [0.25, 0.3) is 5.56 Å². The molecule has 0 amide bonds. The third-order valence-corrected chi connectivity index (χ3v) is 2.83. The molecular formula is C11H13ClN4O2. The van der Waals surface area contributed by atoms with Gasteiger partial charge in [-0.3, -0.25) is 14.3 Å². The lowest BCUT2D eigenvalue weighted by Gasteiger charge is -2.08. The van der Waals surface area contributed by atoms with E-state index in [4.69, 9.17) is 11.6 Å². The molecule has 0 radical (unpaired) electrons. The molecule has 0 aromatic carbocycles. The van der Waals surface area contributed by atoms with Gasteiger partial charge in [-0.15, -0.1) is 0 Å². The standard InChI is InChI=1S/C11H13ClN4O2/c1-2-3-15-7-13-4-8(15)5-16-6-9(12)10(17)14-11(16)18/h4,6-7H,2-3,5H2,1H3,(H,14,17,18). The molecule has 2 heterocycles. The number of imidazole rings is 1. The molecule has 0 saturated heterocycles. The zero-order valence-corrected chi connectivity index (χ0v) is 10.6. The van der Waals surface area contributed by atoms with Gasteiger partial charge in [0.1, 0.15) is 5.02 Å². The molecule has 6 nitrogen and oxygen atoms in total. The van der Waals surface area contributed by atoms with Crippen LogP contribution in [0.1, 0.15) is 19.0 Å². The molecule has 96 valence electrons. The molecule has 0 unspecified atom stereocenters. The molecule has 0 saturated carbocycles. The number of hydrogen-bond acceptors (Lipinski definition) is 3. The highest BCUT2D eigenvalue weighted by atomic mass is 35.5. The molecule has 0 aliphatic rings. The maximum Gasteiger partial charge on any atom is 0.328 e. The van der Waals surface area contributed by atoms with E-state index in [0.717, 1.165) is 18.7 Å². The van der Waals surface area contributed by atoms with Crippen LogP contribution in [-0.4, -0.2) is 19.1 Å². The summed E-state index contributed by atoms with van der Waals surface area (Å²) in [4.78, 5) is 29.0. The molecule has 0 atom stereocenters. The van der Waals surface area contributed by atoms with Crippen molar-refractivity contribution < 1.29 is 0 Å². The highest BCUT2D eigenvalue weighted by molar-refractivity contribution is 6.30. The van der Waals surface area contributed by atoms with E-state index in [0.29, 0.717) is 6.54 Å². The number of aromatic amines is 1. The third kappa shape index (κ3) is 2.53. The van der Waals surface area contributed by atoms with Crippen LogP contribution in [0.2, 0.25) is 5.02 Å². The van der Waals surface area contributed by atoms with Crippen molar-refractivity contribution in [2.75, 3.05) is 0 Å². The van der Waals surface area contributed by atoms with E-state index in [1.54, 1.807) is 12.5 Å². The molecule has 2 rings (SSSR count). The van der Waals surface area contributed by atoms with E-state index in [2.05, 4.69) is 16.9 Å². The Morgan fingerprint density at radius 2 is 2.17 bits per heavy atom. The molecule has 2 aromatic heterocycles. The van der Waals surface area contributed by atoms with Gasteiger partial charge in [0, 0.05) is 18.9 Å². The Morgan fingerprint density at radius 1 is 1.39 bits per heavy atom. The van der Waals surface area contributed by atoms with E-state index in [1.807, 2.05) is 4.57 Å². The van der Waals surface area contributed by atoms with Crippen LogP contribution in [0.15, 0.2) is 28.3 Å². The largest absolute Gasteiger partial charge is 0.333 e. The Labute approximate surface area is 108 Å². The fraction of sp³-hybridized carbons (Fsp3) is 0.364. The molecule has 7 heteroatoms. The molecule has 0 fully saturated rings. The van der Waals surface area contributed by atoms with Crippen LogP contribution >= 0.6 is 11.6 Å². The first-order valence-electron chi connectivity index (χ1n) is 5.60. The number of rotatable bonds is 4. The Hall–Kier alpha value is -1.82. The highest BCUT2D eigenvalue weighted by Crippen LogP contribution is 2.04. The van der Waals surface area contributed by atoms with Gasteiger partial charge in [-0.05, 0) is 6.42 Å². The fourth-order valence-electron chi connectivity index (χ4n) is 1.70. The summed E-state index contributed by atoms with van der Waals surface area (Å²) in [7, 11) is 0. The predicted molar refractivity (Wildman–Crippen MR) is 68.0 cm³/mol. The van der Waals surface area contributed by atoms with Crippen molar-refractivity contribution >= 4 is 11.6 Å². The summed E-state index contributed by atoms with van der Waals surface area (Å²) < 4.78 is 3.32. The van der Waals surface area contributed by atoms with E-state index in [1.165, 1.54) is 10.8 Å². The van der Waals surface area contributed by atoms with Crippen molar-refractivity contribution in [2.45, 2.75) is 26.4 Å². The van der Waals surface area contributed by atoms with Crippen molar-refractivity contribution in [1.29, 1.82) is 0 Å². The highest BCUT2D eigenvalue weighted by Gasteiger charge is 2.06. The first-order valence-corrected chi connectivity index (χ1v) is 5.98. The predicted octanol–water partition coefficient (Wildman–Crippen LogP) is 0.845. The molecule has 2 aromatic rings. The molecule has 0 aliphatic heterocycles. The molecule has 1 N–H and O–H groups in total. The van der Waals surface area contributed by atoms with Crippen LogP contribution in [0.25, 0.3) is 0 Å². The van der Waals surface area contributed by atoms with Gasteiger partial charge < -0.3 is 4.57 Å². The van der Waals surface area contributed by atoms with E-state index in [9.17, 15) is 9.59 Å². The Kier molecular flexibility index (Phi) is 3.66. The number of nitrogens with one attached hydrogen (secondary N) is 1. The van der Waals surface area contributed by atoms with Gasteiger partial charge in [0.15, 0.2) is 0 Å². The van der Waals surface area contributed by atoms with Gasteiger partial charge in [-0.1, -0.05) is 18.5 Å². The monoisotopic (exact) mass is 268 g/mol. The third-order valence-electron chi connectivity index (χ3n) is 2.56. The van der Waals surface area contributed by atoms with Crippen LogP contribution in [-0.2, 0) is 13.1 Å².